The summed E-state index contributed by atoms with van der Waals surface area (Å²) in [7, 11) is 0. The second kappa shape index (κ2) is 10.4. The number of piperidine rings is 1. The summed E-state index contributed by atoms with van der Waals surface area (Å²) < 4.78 is 6.42. The number of carbonyl (C=O) groups excluding carboxylic acids is 2. The van der Waals surface area contributed by atoms with E-state index in [-0.39, 0.29) is 30.3 Å². The van der Waals surface area contributed by atoms with Crippen LogP contribution in [0.3, 0.4) is 0 Å². The molecule has 1 aliphatic rings. The lowest BCUT2D eigenvalue weighted by Gasteiger charge is -2.38. The minimum Gasteiger partial charge on any atom is -0.507 e. The molecule has 2 aromatic carbocycles. The van der Waals surface area contributed by atoms with Crippen molar-refractivity contribution in [2.75, 3.05) is 6.61 Å². The Morgan fingerprint density at radius 1 is 1.19 bits per heavy atom. The van der Waals surface area contributed by atoms with E-state index in [1.165, 1.54) is 12.3 Å². The minimum atomic E-state index is -0.399. The van der Waals surface area contributed by atoms with E-state index in [0.717, 1.165) is 23.7 Å². The Morgan fingerprint density at radius 3 is 2.55 bits per heavy atom. The third-order valence-corrected chi connectivity index (χ3v) is 5.81. The maximum absolute atomic E-state index is 12.5. The molecule has 2 amide bonds. The SMILES string of the molecule is C[C@H]1CCC[C@H](C)N1C(=O)COc1ccc(C(=O)N/N=C\c2cc(Br)ccc2O)cc1. The zero-order valence-corrected chi connectivity index (χ0v) is 19.1. The molecule has 0 bridgehead atoms. The maximum Gasteiger partial charge on any atom is 0.271 e. The average molecular weight is 488 g/mol. The summed E-state index contributed by atoms with van der Waals surface area (Å²) in [6, 6.07) is 11.9. The van der Waals surface area contributed by atoms with Crippen molar-refractivity contribution in [2.45, 2.75) is 45.2 Å². The predicted molar refractivity (Wildman–Crippen MR) is 122 cm³/mol. The number of aromatic hydroxyl groups is 1. The van der Waals surface area contributed by atoms with Crippen molar-refractivity contribution < 1.29 is 19.4 Å². The van der Waals surface area contributed by atoms with E-state index in [2.05, 4.69) is 40.3 Å². The van der Waals surface area contributed by atoms with Gasteiger partial charge in [0, 0.05) is 27.7 Å². The zero-order valence-electron chi connectivity index (χ0n) is 17.5. The van der Waals surface area contributed by atoms with Gasteiger partial charge < -0.3 is 14.7 Å². The number of nitrogens with zero attached hydrogens (tertiary/aromatic N) is 2. The summed E-state index contributed by atoms with van der Waals surface area (Å²) >= 11 is 3.31. The summed E-state index contributed by atoms with van der Waals surface area (Å²) in [6.07, 6.45) is 4.54. The first kappa shape index (κ1) is 22.8. The smallest absolute Gasteiger partial charge is 0.271 e. The number of likely N-dealkylation sites (tertiary alicyclic amines) is 1. The Balaban J connectivity index is 1.52. The van der Waals surface area contributed by atoms with Gasteiger partial charge in [-0.2, -0.15) is 5.10 Å². The molecule has 2 atom stereocenters. The van der Waals surface area contributed by atoms with Crippen molar-refractivity contribution in [1.82, 2.24) is 10.3 Å². The van der Waals surface area contributed by atoms with Crippen LogP contribution >= 0.6 is 15.9 Å². The van der Waals surface area contributed by atoms with Crippen LogP contribution in [0.5, 0.6) is 11.5 Å². The van der Waals surface area contributed by atoms with E-state index < -0.39 is 5.91 Å². The van der Waals surface area contributed by atoms with E-state index >= 15 is 0 Å². The Morgan fingerprint density at radius 2 is 1.87 bits per heavy atom. The van der Waals surface area contributed by atoms with Gasteiger partial charge in [0.25, 0.3) is 11.8 Å². The van der Waals surface area contributed by atoms with Crippen LogP contribution in [0.15, 0.2) is 52.0 Å². The fourth-order valence-electron chi connectivity index (χ4n) is 3.69. The first-order valence-corrected chi connectivity index (χ1v) is 11.0. The van der Waals surface area contributed by atoms with Crippen LogP contribution in [0.2, 0.25) is 0 Å². The van der Waals surface area contributed by atoms with Gasteiger partial charge in [-0.15, -0.1) is 0 Å². The molecule has 0 radical (unpaired) electrons. The molecule has 0 spiro atoms. The van der Waals surface area contributed by atoms with E-state index in [1.807, 2.05) is 4.90 Å². The van der Waals surface area contributed by atoms with Crippen molar-refractivity contribution in [3.8, 4) is 11.5 Å². The summed E-state index contributed by atoms with van der Waals surface area (Å²) in [5.41, 5.74) is 3.29. The van der Waals surface area contributed by atoms with Gasteiger partial charge in [-0.05, 0) is 75.6 Å². The number of hydrogen-bond donors (Lipinski definition) is 2. The number of carbonyl (C=O) groups is 2. The molecule has 0 aliphatic carbocycles. The van der Waals surface area contributed by atoms with Crippen LogP contribution < -0.4 is 10.2 Å². The van der Waals surface area contributed by atoms with Gasteiger partial charge in [-0.25, -0.2) is 5.43 Å². The number of phenolic OH excluding ortho intramolecular Hbond substituents is 1. The number of halogens is 1. The van der Waals surface area contributed by atoms with Crippen molar-refractivity contribution in [1.29, 1.82) is 0 Å². The molecule has 1 saturated heterocycles. The average Bonchev–Trinajstić information content (AvgIpc) is 2.75. The molecule has 31 heavy (non-hydrogen) atoms. The molecule has 3 rings (SSSR count). The summed E-state index contributed by atoms with van der Waals surface area (Å²) in [4.78, 5) is 26.7. The number of phenols is 1. The van der Waals surface area contributed by atoms with Crippen LogP contribution in [-0.2, 0) is 4.79 Å². The number of nitrogens with one attached hydrogen (secondary N) is 1. The summed E-state index contributed by atoms with van der Waals surface area (Å²) in [5.74, 6) is 0.159. The predicted octanol–water partition coefficient (Wildman–Crippen LogP) is 4.09. The highest BCUT2D eigenvalue weighted by Crippen LogP contribution is 2.23. The van der Waals surface area contributed by atoms with Crippen molar-refractivity contribution in [3.63, 3.8) is 0 Å². The molecule has 0 unspecified atom stereocenters. The van der Waals surface area contributed by atoms with Gasteiger partial charge in [0.05, 0.1) is 6.21 Å². The third kappa shape index (κ3) is 6.07. The zero-order chi connectivity index (χ0) is 22.4. The van der Waals surface area contributed by atoms with E-state index in [9.17, 15) is 14.7 Å². The Bertz CT molecular complexity index is 952. The number of amides is 2. The first-order chi connectivity index (χ1) is 14.8. The lowest BCUT2D eigenvalue weighted by molar-refractivity contribution is -0.139. The largest absolute Gasteiger partial charge is 0.507 e. The molecular formula is C23H26BrN3O4. The highest BCUT2D eigenvalue weighted by Gasteiger charge is 2.28. The molecule has 1 heterocycles. The second-order valence-electron chi connectivity index (χ2n) is 7.65. The molecule has 1 fully saturated rings. The number of hydrogen-bond acceptors (Lipinski definition) is 5. The normalized spacial score (nSPS) is 18.7. The van der Waals surface area contributed by atoms with E-state index in [4.69, 9.17) is 4.74 Å². The molecule has 8 heteroatoms. The lowest BCUT2D eigenvalue weighted by atomic mass is 9.97. The van der Waals surface area contributed by atoms with Crippen molar-refractivity contribution in [2.24, 2.45) is 5.10 Å². The summed E-state index contributed by atoms with van der Waals surface area (Å²) in [6.45, 7) is 4.11. The Hall–Kier alpha value is -2.87. The van der Waals surface area contributed by atoms with Gasteiger partial charge in [-0.3, -0.25) is 9.59 Å². The fraction of sp³-hybridized carbons (Fsp3) is 0.348. The Kier molecular flexibility index (Phi) is 7.68. The van der Waals surface area contributed by atoms with Gasteiger partial charge in [0.2, 0.25) is 0 Å². The topological polar surface area (TPSA) is 91.2 Å². The van der Waals surface area contributed by atoms with Crippen LogP contribution in [0.1, 0.15) is 49.0 Å². The van der Waals surface area contributed by atoms with Gasteiger partial charge >= 0.3 is 0 Å². The fourth-order valence-corrected chi connectivity index (χ4v) is 4.07. The lowest BCUT2D eigenvalue weighted by Crippen LogP contribution is -2.49. The molecule has 2 N–H and O–H groups in total. The maximum atomic E-state index is 12.5. The number of ether oxygens (including phenoxy) is 1. The molecule has 164 valence electrons. The van der Waals surface area contributed by atoms with Crippen molar-refractivity contribution in [3.05, 3.63) is 58.1 Å². The standard InChI is InChI=1S/C23H26BrN3O4/c1-15-4-3-5-16(2)27(15)22(29)14-31-20-9-6-17(7-10-20)23(30)26-25-13-18-12-19(24)8-11-21(18)28/h6-13,15-16,28H,3-5,14H2,1-2H3,(H,26,30)/b25-13-/t15-,16-/m0/s1. The molecule has 2 aromatic rings. The van der Waals surface area contributed by atoms with Crippen LogP contribution in [0.4, 0.5) is 0 Å². The van der Waals surface area contributed by atoms with Crippen LogP contribution in [0.25, 0.3) is 0 Å². The molecule has 1 aliphatic heterocycles. The molecule has 0 saturated carbocycles. The van der Waals surface area contributed by atoms with E-state index in [0.29, 0.717) is 16.9 Å². The molecule has 7 nitrogen and oxygen atoms in total. The third-order valence-electron chi connectivity index (χ3n) is 5.32. The van der Waals surface area contributed by atoms with Crippen LogP contribution in [0, 0.1) is 0 Å². The molecular weight excluding hydrogens is 462 g/mol. The summed E-state index contributed by atoms with van der Waals surface area (Å²) in [5, 5.41) is 13.7. The second-order valence-corrected chi connectivity index (χ2v) is 8.56. The number of hydrazone groups is 1. The van der Waals surface area contributed by atoms with Gasteiger partial charge in [0.1, 0.15) is 11.5 Å². The highest BCUT2D eigenvalue weighted by atomic mass is 79.9. The number of rotatable bonds is 6. The Labute approximate surface area is 190 Å². The highest BCUT2D eigenvalue weighted by molar-refractivity contribution is 9.10. The minimum absolute atomic E-state index is 0.0216. The number of benzene rings is 2. The monoisotopic (exact) mass is 487 g/mol. The first-order valence-electron chi connectivity index (χ1n) is 10.2. The quantitative estimate of drug-likeness (QED) is 0.474. The molecule has 0 aromatic heterocycles. The van der Waals surface area contributed by atoms with Gasteiger partial charge in [-0.1, -0.05) is 15.9 Å². The van der Waals surface area contributed by atoms with Gasteiger partial charge in [0.15, 0.2) is 6.61 Å². The van der Waals surface area contributed by atoms with E-state index in [1.54, 1.807) is 36.4 Å². The van der Waals surface area contributed by atoms with Crippen molar-refractivity contribution >= 4 is 34.0 Å². The van der Waals surface area contributed by atoms with Crippen LogP contribution in [-0.4, -0.2) is 46.7 Å².